The Bertz CT molecular complexity index is 476. The van der Waals surface area contributed by atoms with Gasteiger partial charge in [0.2, 0.25) is 0 Å². The molecule has 1 saturated heterocycles. The van der Waals surface area contributed by atoms with Crippen LogP contribution >= 0.6 is 0 Å². The first kappa shape index (κ1) is 14.5. The minimum atomic E-state index is 0.394. The number of hydrogen-bond donors (Lipinski definition) is 1. The number of nitrogens with two attached hydrogens (primary N) is 1. The molecule has 2 fully saturated rings. The Morgan fingerprint density at radius 2 is 2.19 bits per heavy atom. The number of rotatable bonds is 4. The average Bonchev–Trinajstić information content (AvgIpc) is 2.54. The number of nitrogen functional groups attached to an aromatic ring is 1. The standard InChI is InChI=1S/C17H26N2O2/c1-2-10-20-17-12-13(7-8-14(17)18)19-9-11-21-16-6-4-3-5-15(16)19/h7-8,12,15-16H,2-6,9-11,18H2,1H3. The molecule has 1 heterocycles. The van der Waals surface area contributed by atoms with Crippen molar-refractivity contribution in [3.8, 4) is 5.75 Å². The Balaban J connectivity index is 1.81. The molecule has 1 aliphatic carbocycles. The van der Waals surface area contributed by atoms with Crippen LogP contribution in [-0.4, -0.2) is 31.9 Å². The van der Waals surface area contributed by atoms with Crippen LogP contribution in [0.15, 0.2) is 18.2 Å². The van der Waals surface area contributed by atoms with Crippen molar-refractivity contribution in [1.29, 1.82) is 0 Å². The van der Waals surface area contributed by atoms with Crippen molar-refractivity contribution in [2.75, 3.05) is 30.4 Å². The molecule has 1 aromatic carbocycles. The molecule has 0 spiro atoms. The highest BCUT2D eigenvalue weighted by molar-refractivity contribution is 5.63. The van der Waals surface area contributed by atoms with Crippen molar-refractivity contribution < 1.29 is 9.47 Å². The Hall–Kier alpha value is -1.42. The van der Waals surface area contributed by atoms with Crippen molar-refractivity contribution in [3.63, 3.8) is 0 Å². The van der Waals surface area contributed by atoms with Gasteiger partial charge in [-0.2, -0.15) is 0 Å². The van der Waals surface area contributed by atoms with Crippen molar-refractivity contribution in [2.24, 2.45) is 0 Å². The fraction of sp³-hybridized carbons (Fsp3) is 0.647. The van der Waals surface area contributed by atoms with E-state index in [1.807, 2.05) is 6.07 Å². The summed E-state index contributed by atoms with van der Waals surface area (Å²) >= 11 is 0. The predicted octanol–water partition coefficient (Wildman–Crippen LogP) is 3.21. The lowest BCUT2D eigenvalue weighted by Gasteiger charge is -2.45. The van der Waals surface area contributed by atoms with Gasteiger partial charge in [-0.1, -0.05) is 19.8 Å². The summed E-state index contributed by atoms with van der Waals surface area (Å²) in [5.74, 6) is 0.813. The highest BCUT2D eigenvalue weighted by Crippen LogP contribution is 2.35. The summed E-state index contributed by atoms with van der Waals surface area (Å²) in [5, 5.41) is 0. The van der Waals surface area contributed by atoms with Crippen LogP contribution in [0.2, 0.25) is 0 Å². The monoisotopic (exact) mass is 290 g/mol. The van der Waals surface area contributed by atoms with Gasteiger partial charge in [-0.3, -0.25) is 0 Å². The molecule has 0 aromatic heterocycles. The maximum absolute atomic E-state index is 6.02. The van der Waals surface area contributed by atoms with E-state index in [1.165, 1.54) is 31.4 Å². The van der Waals surface area contributed by atoms with E-state index in [4.69, 9.17) is 15.2 Å². The number of ether oxygens (including phenoxy) is 2. The van der Waals surface area contributed by atoms with E-state index in [0.717, 1.165) is 31.0 Å². The molecule has 4 heteroatoms. The predicted molar refractivity (Wildman–Crippen MR) is 86.0 cm³/mol. The molecule has 0 amide bonds. The van der Waals surface area contributed by atoms with Crippen LogP contribution in [0.3, 0.4) is 0 Å². The molecule has 0 bridgehead atoms. The molecule has 1 aliphatic heterocycles. The second-order valence-electron chi connectivity index (χ2n) is 6.03. The van der Waals surface area contributed by atoms with Gasteiger partial charge in [-0.05, 0) is 31.4 Å². The number of anilines is 2. The smallest absolute Gasteiger partial charge is 0.144 e. The van der Waals surface area contributed by atoms with Crippen molar-refractivity contribution >= 4 is 11.4 Å². The van der Waals surface area contributed by atoms with Crippen LogP contribution in [0.1, 0.15) is 39.0 Å². The van der Waals surface area contributed by atoms with Crippen LogP contribution in [0.5, 0.6) is 5.75 Å². The molecule has 3 rings (SSSR count). The topological polar surface area (TPSA) is 47.7 Å². The fourth-order valence-electron chi connectivity index (χ4n) is 3.46. The van der Waals surface area contributed by atoms with Crippen molar-refractivity contribution in [1.82, 2.24) is 0 Å². The van der Waals surface area contributed by atoms with E-state index in [2.05, 4.69) is 24.0 Å². The van der Waals surface area contributed by atoms with E-state index >= 15 is 0 Å². The third-order valence-corrected chi connectivity index (χ3v) is 4.52. The van der Waals surface area contributed by atoms with E-state index in [9.17, 15) is 0 Å². The van der Waals surface area contributed by atoms with E-state index < -0.39 is 0 Å². The second-order valence-corrected chi connectivity index (χ2v) is 6.03. The quantitative estimate of drug-likeness (QED) is 0.865. The van der Waals surface area contributed by atoms with Crippen LogP contribution < -0.4 is 15.4 Å². The third kappa shape index (κ3) is 3.10. The van der Waals surface area contributed by atoms with Crippen LogP contribution in [0.4, 0.5) is 11.4 Å². The zero-order valence-corrected chi connectivity index (χ0v) is 12.9. The fourth-order valence-corrected chi connectivity index (χ4v) is 3.46. The number of nitrogens with zero attached hydrogens (tertiary/aromatic N) is 1. The SMILES string of the molecule is CCCOc1cc(N2CCOC3CCCCC32)ccc1N. The first-order valence-corrected chi connectivity index (χ1v) is 8.20. The molecule has 2 N–H and O–H groups in total. The Kier molecular flexibility index (Phi) is 4.54. The second kappa shape index (κ2) is 6.56. The zero-order chi connectivity index (χ0) is 14.7. The van der Waals surface area contributed by atoms with Gasteiger partial charge >= 0.3 is 0 Å². The lowest BCUT2D eigenvalue weighted by Crippen LogP contribution is -2.52. The van der Waals surface area contributed by atoms with Crippen molar-refractivity contribution in [3.05, 3.63) is 18.2 Å². The molecule has 21 heavy (non-hydrogen) atoms. The molecule has 1 aromatic rings. The van der Waals surface area contributed by atoms with E-state index in [0.29, 0.717) is 18.8 Å². The van der Waals surface area contributed by atoms with Gasteiger partial charge in [0.25, 0.3) is 0 Å². The van der Waals surface area contributed by atoms with Crippen LogP contribution in [0.25, 0.3) is 0 Å². The first-order valence-electron chi connectivity index (χ1n) is 8.20. The summed E-state index contributed by atoms with van der Waals surface area (Å²) in [6.45, 7) is 4.59. The van der Waals surface area contributed by atoms with Gasteiger partial charge in [0.1, 0.15) is 5.75 Å². The maximum atomic E-state index is 6.02. The lowest BCUT2D eigenvalue weighted by atomic mass is 9.90. The van der Waals surface area contributed by atoms with Crippen molar-refractivity contribution in [2.45, 2.75) is 51.2 Å². The Morgan fingerprint density at radius 1 is 1.33 bits per heavy atom. The number of fused-ring (bicyclic) bond motifs is 1. The molecule has 0 radical (unpaired) electrons. The van der Waals surface area contributed by atoms with Gasteiger partial charge in [0, 0.05) is 18.3 Å². The summed E-state index contributed by atoms with van der Waals surface area (Å²) in [4.78, 5) is 2.49. The molecule has 2 unspecified atom stereocenters. The van der Waals surface area contributed by atoms with E-state index in [-0.39, 0.29) is 0 Å². The van der Waals surface area contributed by atoms with Gasteiger partial charge in [-0.15, -0.1) is 0 Å². The Morgan fingerprint density at radius 3 is 3.05 bits per heavy atom. The Labute approximate surface area is 127 Å². The minimum Gasteiger partial charge on any atom is -0.491 e. The highest BCUT2D eigenvalue weighted by Gasteiger charge is 2.34. The van der Waals surface area contributed by atoms with Gasteiger partial charge in [0.15, 0.2) is 0 Å². The summed E-state index contributed by atoms with van der Waals surface area (Å²) in [6.07, 6.45) is 6.39. The summed E-state index contributed by atoms with van der Waals surface area (Å²) in [7, 11) is 0. The molecule has 2 aliphatic rings. The largest absolute Gasteiger partial charge is 0.491 e. The highest BCUT2D eigenvalue weighted by atomic mass is 16.5. The lowest BCUT2D eigenvalue weighted by molar-refractivity contribution is -0.00869. The first-order chi connectivity index (χ1) is 10.3. The normalized spacial score (nSPS) is 25.5. The number of hydrogen-bond acceptors (Lipinski definition) is 4. The third-order valence-electron chi connectivity index (χ3n) is 4.52. The van der Waals surface area contributed by atoms with Crippen LogP contribution in [-0.2, 0) is 4.74 Å². The van der Waals surface area contributed by atoms with E-state index in [1.54, 1.807) is 0 Å². The molecule has 1 saturated carbocycles. The summed E-state index contributed by atoms with van der Waals surface area (Å²) in [6, 6.07) is 6.69. The summed E-state index contributed by atoms with van der Waals surface area (Å²) < 4.78 is 11.7. The molecule has 2 atom stereocenters. The van der Waals surface area contributed by atoms with Gasteiger partial charge in [0.05, 0.1) is 31.0 Å². The minimum absolute atomic E-state index is 0.394. The van der Waals surface area contributed by atoms with Crippen LogP contribution in [0, 0.1) is 0 Å². The number of morpholine rings is 1. The molecule has 116 valence electrons. The van der Waals surface area contributed by atoms with Gasteiger partial charge < -0.3 is 20.1 Å². The zero-order valence-electron chi connectivity index (χ0n) is 12.9. The number of benzene rings is 1. The maximum Gasteiger partial charge on any atom is 0.144 e. The molecule has 4 nitrogen and oxygen atoms in total. The molecular weight excluding hydrogens is 264 g/mol. The van der Waals surface area contributed by atoms with Gasteiger partial charge in [-0.25, -0.2) is 0 Å². The molecular formula is C17H26N2O2. The average molecular weight is 290 g/mol. The summed E-state index contributed by atoms with van der Waals surface area (Å²) in [5.41, 5.74) is 7.96.